The number of benzene rings is 2. The lowest BCUT2D eigenvalue weighted by atomic mass is 10.1. The first-order chi connectivity index (χ1) is 14.1. The summed E-state index contributed by atoms with van der Waals surface area (Å²) < 4.78 is 61.2. The molecule has 158 valence electrons. The number of para-hydroxylation sites is 1. The quantitative estimate of drug-likeness (QED) is 0.355. The van der Waals surface area contributed by atoms with Crippen molar-refractivity contribution in [1.82, 2.24) is 10.3 Å². The van der Waals surface area contributed by atoms with E-state index in [-0.39, 0.29) is 5.13 Å². The van der Waals surface area contributed by atoms with E-state index in [2.05, 4.69) is 9.72 Å². The number of aryl methyl sites for hydroxylation is 1. The molecule has 6 nitrogen and oxygen atoms in total. The highest BCUT2D eigenvalue weighted by Gasteiger charge is 2.64. The van der Waals surface area contributed by atoms with Crippen LogP contribution >= 0.6 is 11.3 Å². The van der Waals surface area contributed by atoms with Crippen LogP contribution in [0.25, 0.3) is 10.2 Å². The molecule has 11 heteroatoms. The van der Waals surface area contributed by atoms with Crippen LogP contribution < -0.4 is 10.6 Å². The first-order valence-electron chi connectivity index (χ1n) is 8.45. The summed E-state index contributed by atoms with van der Waals surface area (Å²) in [5, 5.41) is 3.25. The lowest BCUT2D eigenvalue weighted by molar-refractivity contribution is -0.203. The van der Waals surface area contributed by atoms with Crippen LogP contribution in [-0.2, 0) is 9.53 Å². The lowest BCUT2D eigenvalue weighted by Crippen LogP contribution is -2.69. The summed E-state index contributed by atoms with van der Waals surface area (Å²) in [6, 6.07) is 9.52. The molecule has 0 saturated carbocycles. The third-order valence-corrected chi connectivity index (χ3v) is 5.19. The number of hydrogen-bond acceptors (Lipinski definition) is 6. The highest BCUT2D eigenvalue weighted by Crippen LogP contribution is 2.36. The van der Waals surface area contributed by atoms with Crippen molar-refractivity contribution in [2.75, 3.05) is 12.4 Å². The highest BCUT2D eigenvalue weighted by atomic mass is 32.1. The summed E-state index contributed by atoms with van der Waals surface area (Å²) in [5.74, 6) is -4.34. The number of methoxy groups -OCH3 is 1. The van der Waals surface area contributed by atoms with E-state index < -0.39 is 35.1 Å². The number of halogens is 4. The Morgan fingerprint density at radius 3 is 2.40 bits per heavy atom. The molecule has 3 aromatic rings. The standard InChI is InChI=1S/C19H15F4N3O3S/c1-10-6-5-9-13-14(10)24-17(30-13)26-18(16(28)29-2,19(21,22)23)25-15(27)11-7-3-4-8-12(11)20/h3-9H,1-2H3,(H,24,26)(H,25,27). The van der Waals surface area contributed by atoms with Crippen molar-refractivity contribution in [1.29, 1.82) is 0 Å². The minimum Gasteiger partial charge on any atom is -0.466 e. The first kappa shape index (κ1) is 21.5. The largest absolute Gasteiger partial charge is 0.466 e. The SMILES string of the molecule is COC(=O)C(NC(=O)c1ccccc1F)(Nc1nc2c(C)cccc2s1)C(F)(F)F. The number of alkyl halides is 3. The van der Waals surface area contributed by atoms with Gasteiger partial charge in [-0.3, -0.25) is 4.79 Å². The Balaban J connectivity index is 2.08. The zero-order valence-electron chi connectivity index (χ0n) is 15.6. The number of thiazole rings is 1. The molecule has 0 bridgehead atoms. The topological polar surface area (TPSA) is 80.3 Å². The Labute approximate surface area is 171 Å². The highest BCUT2D eigenvalue weighted by molar-refractivity contribution is 7.22. The van der Waals surface area contributed by atoms with Gasteiger partial charge in [0, 0.05) is 0 Å². The number of ether oxygens (including phenoxy) is 1. The van der Waals surface area contributed by atoms with Gasteiger partial charge < -0.3 is 15.4 Å². The summed E-state index contributed by atoms with van der Waals surface area (Å²) in [7, 11) is 0.738. The fourth-order valence-electron chi connectivity index (χ4n) is 2.73. The van der Waals surface area contributed by atoms with E-state index in [1.807, 2.05) is 5.32 Å². The van der Waals surface area contributed by atoms with Gasteiger partial charge in [0.05, 0.1) is 22.9 Å². The Morgan fingerprint density at radius 2 is 1.80 bits per heavy atom. The van der Waals surface area contributed by atoms with Crippen LogP contribution in [0.15, 0.2) is 42.5 Å². The van der Waals surface area contributed by atoms with Gasteiger partial charge in [-0.1, -0.05) is 35.6 Å². The second kappa shape index (κ2) is 7.90. The molecule has 1 amide bonds. The van der Waals surface area contributed by atoms with E-state index in [0.717, 1.165) is 30.6 Å². The zero-order chi connectivity index (χ0) is 22.1. The number of amides is 1. The van der Waals surface area contributed by atoms with Crippen LogP contribution in [0.4, 0.5) is 22.7 Å². The maximum atomic E-state index is 14.1. The molecule has 0 fully saturated rings. The molecule has 0 spiro atoms. The smallest absolute Gasteiger partial charge is 0.442 e. The summed E-state index contributed by atoms with van der Waals surface area (Å²) in [6.07, 6.45) is -5.35. The zero-order valence-corrected chi connectivity index (χ0v) is 16.5. The predicted octanol–water partition coefficient (Wildman–Crippen LogP) is 4.02. The van der Waals surface area contributed by atoms with Gasteiger partial charge in [-0.15, -0.1) is 0 Å². The van der Waals surface area contributed by atoms with Crippen molar-refractivity contribution in [3.63, 3.8) is 0 Å². The monoisotopic (exact) mass is 441 g/mol. The van der Waals surface area contributed by atoms with Crippen LogP contribution in [0.5, 0.6) is 0 Å². The molecule has 1 unspecified atom stereocenters. The Morgan fingerprint density at radius 1 is 1.10 bits per heavy atom. The fourth-order valence-corrected chi connectivity index (χ4v) is 3.73. The van der Waals surface area contributed by atoms with Gasteiger partial charge in [-0.25, -0.2) is 14.2 Å². The van der Waals surface area contributed by atoms with Crippen LogP contribution in [0.2, 0.25) is 0 Å². The van der Waals surface area contributed by atoms with Crippen LogP contribution in [0.1, 0.15) is 15.9 Å². The number of esters is 1. The van der Waals surface area contributed by atoms with Gasteiger partial charge >= 0.3 is 17.8 Å². The number of carbonyl (C=O) groups is 2. The van der Waals surface area contributed by atoms with Crippen molar-refractivity contribution in [3.8, 4) is 0 Å². The van der Waals surface area contributed by atoms with Crippen LogP contribution in [-0.4, -0.2) is 35.8 Å². The summed E-state index contributed by atoms with van der Waals surface area (Å²) in [5.41, 5.74) is -3.21. The molecule has 0 aliphatic heterocycles. The minimum absolute atomic E-state index is 0.282. The van der Waals surface area contributed by atoms with Crippen LogP contribution in [0, 0.1) is 12.7 Å². The predicted molar refractivity (Wildman–Crippen MR) is 103 cm³/mol. The number of hydrogen-bond donors (Lipinski definition) is 2. The Kier molecular flexibility index (Phi) is 5.66. The molecular weight excluding hydrogens is 426 g/mol. The minimum atomic E-state index is -5.35. The summed E-state index contributed by atoms with van der Waals surface area (Å²) in [6.45, 7) is 1.73. The number of anilines is 1. The molecule has 1 atom stereocenters. The number of carbonyl (C=O) groups excluding carboxylic acids is 2. The average molecular weight is 441 g/mol. The van der Waals surface area contributed by atoms with E-state index in [0.29, 0.717) is 15.8 Å². The van der Waals surface area contributed by atoms with Gasteiger partial charge in [0.15, 0.2) is 5.13 Å². The van der Waals surface area contributed by atoms with Crippen molar-refractivity contribution in [2.45, 2.75) is 18.8 Å². The third kappa shape index (κ3) is 3.80. The number of aromatic nitrogens is 1. The van der Waals surface area contributed by atoms with E-state index in [1.54, 1.807) is 30.4 Å². The van der Waals surface area contributed by atoms with Crippen molar-refractivity contribution in [2.24, 2.45) is 0 Å². The lowest BCUT2D eigenvalue weighted by Gasteiger charge is -2.34. The Bertz CT molecular complexity index is 1120. The van der Waals surface area contributed by atoms with E-state index >= 15 is 0 Å². The molecule has 2 aromatic carbocycles. The van der Waals surface area contributed by atoms with E-state index in [9.17, 15) is 27.2 Å². The molecule has 3 rings (SSSR count). The van der Waals surface area contributed by atoms with Crippen LogP contribution in [0.3, 0.4) is 0 Å². The van der Waals surface area contributed by atoms with E-state index in [1.165, 1.54) is 12.1 Å². The number of rotatable bonds is 5. The van der Waals surface area contributed by atoms with E-state index in [4.69, 9.17) is 0 Å². The summed E-state index contributed by atoms with van der Waals surface area (Å²) in [4.78, 5) is 28.8. The normalized spacial score (nSPS) is 13.5. The van der Waals surface area contributed by atoms with Gasteiger partial charge in [0.1, 0.15) is 5.82 Å². The number of fused-ring (bicyclic) bond motifs is 1. The number of nitrogens with one attached hydrogen (secondary N) is 2. The number of nitrogens with zero attached hydrogens (tertiary/aromatic N) is 1. The molecule has 2 N–H and O–H groups in total. The molecule has 0 aliphatic rings. The first-order valence-corrected chi connectivity index (χ1v) is 9.27. The molecule has 0 aliphatic carbocycles. The maximum absolute atomic E-state index is 14.1. The molecule has 0 radical (unpaired) electrons. The maximum Gasteiger partial charge on any atom is 0.442 e. The van der Waals surface area contributed by atoms with Gasteiger partial charge in [-0.05, 0) is 30.7 Å². The van der Waals surface area contributed by atoms with Gasteiger partial charge in [0.2, 0.25) is 0 Å². The second-order valence-electron chi connectivity index (χ2n) is 6.24. The molecule has 1 heterocycles. The van der Waals surface area contributed by atoms with Gasteiger partial charge in [-0.2, -0.15) is 13.2 Å². The second-order valence-corrected chi connectivity index (χ2v) is 7.27. The van der Waals surface area contributed by atoms with Crippen molar-refractivity contribution < 1.29 is 31.9 Å². The third-order valence-electron chi connectivity index (χ3n) is 4.25. The van der Waals surface area contributed by atoms with Gasteiger partial charge in [0.25, 0.3) is 5.91 Å². The molecule has 1 aromatic heterocycles. The molecule has 30 heavy (non-hydrogen) atoms. The summed E-state index contributed by atoms with van der Waals surface area (Å²) >= 11 is 0.853. The molecular formula is C19H15F4N3O3S. The Hall–Kier alpha value is -3.21. The van der Waals surface area contributed by atoms with Crippen molar-refractivity contribution >= 4 is 38.6 Å². The fraction of sp³-hybridized carbons (Fsp3) is 0.211. The molecule has 0 saturated heterocycles. The average Bonchev–Trinajstić information content (AvgIpc) is 3.10. The van der Waals surface area contributed by atoms with Crippen molar-refractivity contribution in [3.05, 3.63) is 59.4 Å².